The van der Waals surface area contributed by atoms with Crippen molar-refractivity contribution in [3.63, 3.8) is 0 Å². The second-order valence-electron chi connectivity index (χ2n) is 5.81. The van der Waals surface area contributed by atoms with E-state index in [4.69, 9.17) is 0 Å². The molecule has 0 aliphatic carbocycles. The summed E-state index contributed by atoms with van der Waals surface area (Å²) >= 11 is 0. The fourth-order valence-electron chi connectivity index (χ4n) is 2.89. The van der Waals surface area contributed by atoms with Crippen LogP contribution >= 0.6 is 0 Å². The second kappa shape index (κ2) is 7.36. The first-order chi connectivity index (χ1) is 10.9. The third-order valence-electron chi connectivity index (χ3n) is 3.96. The first-order valence-corrected chi connectivity index (χ1v) is 7.61. The first-order valence-electron chi connectivity index (χ1n) is 7.61. The third kappa shape index (κ3) is 4.15. The Morgan fingerprint density at radius 3 is 2.96 bits per heavy atom. The van der Waals surface area contributed by atoms with Gasteiger partial charge in [0.2, 0.25) is 5.91 Å². The zero-order valence-electron chi connectivity index (χ0n) is 13.3. The van der Waals surface area contributed by atoms with Crippen LogP contribution in [0.3, 0.4) is 0 Å². The molecule has 1 aromatic rings. The van der Waals surface area contributed by atoms with Crippen molar-refractivity contribution in [2.24, 2.45) is 5.92 Å². The van der Waals surface area contributed by atoms with Gasteiger partial charge in [0.15, 0.2) is 0 Å². The fourth-order valence-corrected chi connectivity index (χ4v) is 2.89. The summed E-state index contributed by atoms with van der Waals surface area (Å²) in [6.45, 7) is 4.17. The quantitative estimate of drug-likeness (QED) is 0.922. The lowest BCUT2D eigenvalue weighted by molar-refractivity contribution is -0.125. The number of carbonyl (C=O) groups is 1. The topological polar surface area (TPSA) is 69.0 Å². The lowest BCUT2D eigenvalue weighted by Crippen LogP contribution is -2.44. The maximum absolute atomic E-state index is 12.2. The number of nitriles is 1. The van der Waals surface area contributed by atoms with Crippen molar-refractivity contribution in [2.75, 3.05) is 24.5 Å². The molecule has 1 fully saturated rings. The Bertz CT molecular complexity index is 627. The SMILES string of the molecule is Cc1cc(C)c(C#N)c(N2CCCC(C(=O)NCC(F)F)C2)n1. The molecular weight excluding hydrogens is 302 g/mol. The average Bonchev–Trinajstić information content (AvgIpc) is 2.52. The van der Waals surface area contributed by atoms with Crippen molar-refractivity contribution in [1.82, 2.24) is 10.3 Å². The highest BCUT2D eigenvalue weighted by molar-refractivity contribution is 5.79. The molecule has 124 valence electrons. The number of aromatic nitrogens is 1. The van der Waals surface area contributed by atoms with Crippen molar-refractivity contribution >= 4 is 11.7 Å². The van der Waals surface area contributed by atoms with E-state index in [0.29, 0.717) is 30.9 Å². The van der Waals surface area contributed by atoms with Crippen LogP contribution in [0.4, 0.5) is 14.6 Å². The lowest BCUT2D eigenvalue weighted by atomic mass is 9.96. The van der Waals surface area contributed by atoms with Gasteiger partial charge < -0.3 is 10.2 Å². The van der Waals surface area contributed by atoms with E-state index in [-0.39, 0.29) is 11.8 Å². The molecule has 0 spiro atoms. The molecule has 1 aliphatic rings. The van der Waals surface area contributed by atoms with Crippen molar-refractivity contribution < 1.29 is 13.6 Å². The van der Waals surface area contributed by atoms with Gasteiger partial charge in [0.05, 0.1) is 18.0 Å². The number of hydrogen-bond acceptors (Lipinski definition) is 4. The minimum atomic E-state index is -2.55. The number of nitrogens with zero attached hydrogens (tertiary/aromatic N) is 3. The summed E-state index contributed by atoms with van der Waals surface area (Å²) in [6, 6.07) is 4.01. The smallest absolute Gasteiger partial charge is 0.255 e. The number of amides is 1. The van der Waals surface area contributed by atoms with Crippen molar-refractivity contribution in [3.8, 4) is 6.07 Å². The molecular formula is C16H20F2N4O. The molecule has 1 aliphatic heterocycles. The molecule has 1 N–H and O–H groups in total. The van der Waals surface area contributed by atoms with Gasteiger partial charge in [-0.3, -0.25) is 4.79 Å². The van der Waals surface area contributed by atoms with Crippen LogP contribution in [0.5, 0.6) is 0 Å². The summed E-state index contributed by atoms with van der Waals surface area (Å²) in [5.74, 6) is -0.147. The summed E-state index contributed by atoms with van der Waals surface area (Å²) in [4.78, 5) is 18.4. The fraction of sp³-hybridized carbons (Fsp3) is 0.562. The van der Waals surface area contributed by atoms with Crippen LogP contribution in [0.1, 0.15) is 29.7 Å². The van der Waals surface area contributed by atoms with E-state index in [2.05, 4.69) is 16.4 Å². The Morgan fingerprint density at radius 1 is 1.57 bits per heavy atom. The number of carbonyl (C=O) groups excluding carboxylic acids is 1. The highest BCUT2D eigenvalue weighted by atomic mass is 19.3. The molecule has 2 rings (SSSR count). The van der Waals surface area contributed by atoms with Gasteiger partial charge in [-0.15, -0.1) is 0 Å². The third-order valence-corrected chi connectivity index (χ3v) is 3.96. The van der Waals surface area contributed by atoms with Crippen LogP contribution in [-0.2, 0) is 4.79 Å². The Labute approximate surface area is 134 Å². The van der Waals surface area contributed by atoms with E-state index < -0.39 is 13.0 Å². The molecule has 0 saturated carbocycles. The van der Waals surface area contributed by atoms with Crippen molar-refractivity contribution in [2.45, 2.75) is 33.1 Å². The zero-order valence-corrected chi connectivity index (χ0v) is 13.3. The molecule has 2 heterocycles. The predicted octanol–water partition coefficient (Wildman–Crippen LogP) is 2.17. The van der Waals surface area contributed by atoms with E-state index in [1.807, 2.05) is 24.8 Å². The summed E-state index contributed by atoms with van der Waals surface area (Å²) in [5.41, 5.74) is 2.16. The number of piperidine rings is 1. The molecule has 1 unspecified atom stereocenters. The minimum absolute atomic E-state index is 0.363. The number of halogens is 2. The number of anilines is 1. The highest BCUT2D eigenvalue weighted by Crippen LogP contribution is 2.27. The Kier molecular flexibility index (Phi) is 5.48. The molecule has 7 heteroatoms. The summed E-state index contributed by atoms with van der Waals surface area (Å²) in [7, 11) is 0. The van der Waals surface area contributed by atoms with Gasteiger partial charge in [0.25, 0.3) is 6.43 Å². The van der Waals surface area contributed by atoms with E-state index >= 15 is 0 Å². The maximum atomic E-state index is 12.2. The number of alkyl halides is 2. The molecule has 1 amide bonds. The molecule has 1 atom stereocenters. The maximum Gasteiger partial charge on any atom is 0.255 e. The lowest BCUT2D eigenvalue weighted by Gasteiger charge is -2.33. The Hall–Kier alpha value is -2.23. The minimum Gasteiger partial charge on any atom is -0.355 e. The summed E-state index contributed by atoms with van der Waals surface area (Å²) < 4.78 is 24.4. The molecule has 0 bridgehead atoms. The van der Waals surface area contributed by atoms with Gasteiger partial charge in [-0.25, -0.2) is 13.8 Å². The standard InChI is InChI=1S/C16H20F2N4O/c1-10-6-11(2)21-15(13(10)7-19)22-5-3-4-12(9-22)16(23)20-8-14(17)18/h6,12,14H,3-5,8-9H2,1-2H3,(H,20,23). The van der Waals surface area contributed by atoms with Crippen molar-refractivity contribution in [1.29, 1.82) is 5.26 Å². The van der Waals surface area contributed by atoms with E-state index in [9.17, 15) is 18.8 Å². The molecule has 5 nitrogen and oxygen atoms in total. The van der Waals surface area contributed by atoms with Gasteiger partial charge in [-0.2, -0.15) is 5.26 Å². The van der Waals surface area contributed by atoms with Crippen LogP contribution in [0, 0.1) is 31.1 Å². The first kappa shape index (κ1) is 17.1. The molecule has 23 heavy (non-hydrogen) atoms. The Morgan fingerprint density at radius 2 is 2.30 bits per heavy atom. The number of nitrogens with one attached hydrogen (secondary N) is 1. The largest absolute Gasteiger partial charge is 0.355 e. The molecule has 0 radical (unpaired) electrons. The number of aryl methyl sites for hydroxylation is 2. The van der Waals surface area contributed by atoms with Crippen LogP contribution < -0.4 is 10.2 Å². The van der Waals surface area contributed by atoms with E-state index in [0.717, 1.165) is 17.7 Å². The zero-order chi connectivity index (χ0) is 17.0. The highest BCUT2D eigenvalue weighted by Gasteiger charge is 2.28. The van der Waals surface area contributed by atoms with Gasteiger partial charge in [-0.05, 0) is 38.3 Å². The van der Waals surface area contributed by atoms with E-state index in [1.54, 1.807) is 0 Å². The molecule has 1 saturated heterocycles. The van der Waals surface area contributed by atoms with Gasteiger partial charge in [0, 0.05) is 18.8 Å². The van der Waals surface area contributed by atoms with Crippen molar-refractivity contribution in [3.05, 3.63) is 22.9 Å². The number of hydrogen-bond donors (Lipinski definition) is 1. The average molecular weight is 322 g/mol. The number of rotatable bonds is 4. The number of pyridine rings is 1. The van der Waals surface area contributed by atoms with Gasteiger partial charge in [-0.1, -0.05) is 0 Å². The van der Waals surface area contributed by atoms with Crippen LogP contribution in [0.2, 0.25) is 0 Å². The second-order valence-corrected chi connectivity index (χ2v) is 5.81. The van der Waals surface area contributed by atoms with Crippen LogP contribution in [0.25, 0.3) is 0 Å². The van der Waals surface area contributed by atoms with Gasteiger partial charge >= 0.3 is 0 Å². The molecule has 1 aromatic heterocycles. The summed E-state index contributed by atoms with van der Waals surface area (Å²) in [6.07, 6.45) is -1.14. The monoisotopic (exact) mass is 322 g/mol. The van der Waals surface area contributed by atoms with E-state index in [1.165, 1.54) is 0 Å². The van der Waals surface area contributed by atoms with Gasteiger partial charge in [0.1, 0.15) is 11.9 Å². The van der Waals surface area contributed by atoms with Crippen LogP contribution in [0.15, 0.2) is 6.07 Å². The summed E-state index contributed by atoms with van der Waals surface area (Å²) in [5, 5.41) is 11.6. The van der Waals surface area contributed by atoms with Crippen LogP contribution in [-0.4, -0.2) is 37.0 Å². The Balaban J connectivity index is 2.16. The predicted molar refractivity (Wildman–Crippen MR) is 82.4 cm³/mol. The normalized spacial score (nSPS) is 17.9. The molecule has 0 aromatic carbocycles.